The van der Waals surface area contributed by atoms with Gasteiger partial charge in [-0.25, -0.2) is 0 Å². The maximum absolute atomic E-state index is 11.8. The Labute approximate surface area is 118 Å². The zero-order valence-electron chi connectivity index (χ0n) is 13.4. The first-order chi connectivity index (χ1) is 8.84. The van der Waals surface area contributed by atoms with E-state index in [0.717, 1.165) is 19.0 Å². The molecule has 1 aliphatic carbocycles. The van der Waals surface area contributed by atoms with E-state index in [2.05, 4.69) is 31.4 Å². The lowest BCUT2D eigenvalue weighted by molar-refractivity contribution is -0.124. The van der Waals surface area contributed by atoms with Crippen molar-refractivity contribution in [3.8, 4) is 0 Å². The fourth-order valence-corrected chi connectivity index (χ4v) is 3.05. The largest absolute Gasteiger partial charge is 0.356 e. The summed E-state index contributed by atoms with van der Waals surface area (Å²) < 4.78 is 0. The smallest absolute Gasteiger partial charge is 0.224 e. The van der Waals surface area contributed by atoms with Crippen molar-refractivity contribution in [3.05, 3.63) is 0 Å². The standard InChI is InChI=1S/C16H32N2O/c1-12(10-17-5)15(19)18-11-13-6-8-14(9-7-13)16(2,3)4/h12-14,17H,6-11H2,1-5H3,(H,18,19). The molecule has 1 aliphatic rings. The van der Waals surface area contributed by atoms with E-state index < -0.39 is 0 Å². The minimum absolute atomic E-state index is 0.0657. The second-order valence-corrected chi connectivity index (χ2v) is 7.29. The van der Waals surface area contributed by atoms with Gasteiger partial charge in [-0.3, -0.25) is 4.79 Å². The normalized spacial score (nSPS) is 25.9. The highest BCUT2D eigenvalue weighted by molar-refractivity contribution is 5.78. The van der Waals surface area contributed by atoms with E-state index in [1.54, 1.807) is 0 Å². The second kappa shape index (κ2) is 7.28. The van der Waals surface area contributed by atoms with Gasteiger partial charge in [0.1, 0.15) is 0 Å². The number of hydrogen-bond donors (Lipinski definition) is 2. The summed E-state index contributed by atoms with van der Waals surface area (Å²) in [5, 5.41) is 6.16. The van der Waals surface area contributed by atoms with Crippen molar-refractivity contribution < 1.29 is 4.79 Å². The summed E-state index contributed by atoms with van der Waals surface area (Å²) >= 11 is 0. The molecule has 0 heterocycles. The molecule has 1 saturated carbocycles. The van der Waals surface area contributed by atoms with Gasteiger partial charge in [0.15, 0.2) is 0 Å². The Balaban J connectivity index is 2.25. The maximum atomic E-state index is 11.8. The Bertz CT molecular complexity index is 275. The van der Waals surface area contributed by atoms with Crippen LogP contribution in [0, 0.1) is 23.2 Å². The van der Waals surface area contributed by atoms with Gasteiger partial charge in [0, 0.05) is 19.0 Å². The summed E-state index contributed by atoms with van der Waals surface area (Å²) in [4.78, 5) is 11.8. The average Bonchev–Trinajstić information content (AvgIpc) is 2.35. The Morgan fingerprint density at radius 1 is 1.21 bits per heavy atom. The van der Waals surface area contributed by atoms with Crippen LogP contribution in [0.1, 0.15) is 53.4 Å². The molecule has 0 aromatic heterocycles. The van der Waals surface area contributed by atoms with E-state index in [4.69, 9.17) is 0 Å². The predicted octanol–water partition coefficient (Wildman–Crippen LogP) is 2.81. The molecule has 1 atom stereocenters. The minimum atomic E-state index is 0.0657. The highest BCUT2D eigenvalue weighted by Crippen LogP contribution is 2.39. The van der Waals surface area contributed by atoms with E-state index in [0.29, 0.717) is 11.3 Å². The summed E-state index contributed by atoms with van der Waals surface area (Å²) in [6.07, 6.45) is 5.16. The SMILES string of the molecule is CNCC(C)C(=O)NCC1CCC(C(C)(C)C)CC1. The molecular weight excluding hydrogens is 236 g/mol. The molecule has 0 radical (unpaired) electrons. The third-order valence-electron chi connectivity index (χ3n) is 4.59. The van der Waals surface area contributed by atoms with Gasteiger partial charge in [0.25, 0.3) is 0 Å². The topological polar surface area (TPSA) is 41.1 Å². The van der Waals surface area contributed by atoms with E-state index in [1.807, 2.05) is 14.0 Å². The molecular formula is C16H32N2O. The number of nitrogens with one attached hydrogen (secondary N) is 2. The van der Waals surface area contributed by atoms with Gasteiger partial charge in [-0.15, -0.1) is 0 Å². The van der Waals surface area contributed by atoms with Crippen LogP contribution in [0.3, 0.4) is 0 Å². The summed E-state index contributed by atoms with van der Waals surface area (Å²) in [5.41, 5.74) is 0.440. The monoisotopic (exact) mass is 268 g/mol. The summed E-state index contributed by atoms with van der Waals surface area (Å²) in [6, 6.07) is 0. The van der Waals surface area contributed by atoms with E-state index in [-0.39, 0.29) is 11.8 Å². The third kappa shape index (κ3) is 5.52. The van der Waals surface area contributed by atoms with Crippen LogP contribution in [0.4, 0.5) is 0 Å². The van der Waals surface area contributed by atoms with Gasteiger partial charge < -0.3 is 10.6 Å². The molecule has 0 aromatic rings. The molecule has 1 amide bonds. The molecule has 19 heavy (non-hydrogen) atoms. The van der Waals surface area contributed by atoms with Crippen LogP contribution in [-0.2, 0) is 4.79 Å². The van der Waals surface area contributed by atoms with Gasteiger partial charge in [0.2, 0.25) is 5.91 Å². The third-order valence-corrected chi connectivity index (χ3v) is 4.59. The highest BCUT2D eigenvalue weighted by atomic mass is 16.1. The van der Waals surface area contributed by atoms with Gasteiger partial charge >= 0.3 is 0 Å². The molecule has 2 N–H and O–H groups in total. The van der Waals surface area contributed by atoms with Gasteiger partial charge in [-0.1, -0.05) is 27.7 Å². The summed E-state index contributed by atoms with van der Waals surface area (Å²) in [5.74, 6) is 1.79. The van der Waals surface area contributed by atoms with Crippen LogP contribution in [0.15, 0.2) is 0 Å². The van der Waals surface area contributed by atoms with Crippen molar-refractivity contribution in [1.82, 2.24) is 10.6 Å². The maximum Gasteiger partial charge on any atom is 0.224 e. The van der Waals surface area contributed by atoms with Crippen LogP contribution < -0.4 is 10.6 Å². The van der Waals surface area contributed by atoms with Crippen LogP contribution in [0.5, 0.6) is 0 Å². The molecule has 1 rings (SSSR count). The Morgan fingerprint density at radius 2 is 1.79 bits per heavy atom. The summed E-state index contributed by atoms with van der Waals surface area (Å²) in [6.45, 7) is 10.6. The zero-order chi connectivity index (χ0) is 14.5. The Morgan fingerprint density at radius 3 is 2.26 bits per heavy atom. The summed E-state index contributed by atoms with van der Waals surface area (Å²) in [7, 11) is 1.89. The second-order valence-electron chi connectivity index (χ2n) is 7.29. The molecule has 0 saturated heterocycles. The lowest BCUT2D eigenvalue weighted by Gasteiger charge is -2.37. The van der Waals surface area contributed by atoms with Crippen LogP contribution in [0.25, 0.3) is 0 Å². The van der Waals surface area contributed by atoms with Crippen molar-refractivity contribution in [2.75, 3.05) is 20.1 Å². The molecule has 0 bridgehead atoms. The van der Waals surface area contributed by atoms with Crippen LogP contribution in [-0.4, -0.2) is 26.0 Å². The lowest BCUT2D eigenvalue weighted by Crippen LogP contribution is -2.38. The molecule has 3 nitrogen and oxygen atoms in total. The number of amides is 1. The Hall–Kier alpha value is -0.570. The van der Waals surface area contributed by atoms with Crippen molar-refractivity contribution in [2.24, 2.45) is 23.2 Å². The fraction of sp³-hybridized carbons (Fsp3) is 0.938. The molecule has 3 heteroatoms. The quantitative estimate of drug-likeness (QED) is 0.805. The molecule has 1 fully saturated rings. The fourth-order valence-electron chi connectivity index (χ4n) is 3.05. The molecule has 0 aromatic carbocycles. The van der Waals surface area contributed by atoms with E-state index >= 15 is 0 Å². The number of carbonyl (C=O) groups is 1. The van der Waals surface area contributed by atoms with Crippen molar-refractivity contribution in [2.45, 2.75) is 53.4 Å². The van der Waals surface area contributed by atoms with E-state index in [9.17, 15) is 4.79 Å². The van der Waals surface area contributed by atoms with Crippen molar-refractivity contribution in [3.63, 3.8) is 0 Å². The predicted molar refractivity (Wildman–Crippen MR) is 81.0 cm³/mol. The first-order valence-electron chi connectivity index (χ1n) is 7.77. The van der Waals surface area contributed by atoms with Crippen molar-refractivity contribution >= 4 is 5.91 Å². The van der Waals surface area contributed by atoms with Crippen LogP contribution >= 0.6 is 0 Å². The number of carbonyl (C=O) groups excluding carboxylic acids is 1. The first kappa shape index (κ1) is 16.5. The van der Waals surface area contributed by atoms with Gasteiger partial charge in [0.05, 0.1) is 0 Å². The van der Waals surface area contributed by atoms with E-state index in [1.165, 1.54) is 25.7 Å². The minimum Gasteiger partial charge on any atom is -0.356 e. The highest BCUT2D eigenvalue weighted by Gasteiger charge is 2.29. The number of hydrogen-bond acceptors (Lipinski definition) is 2. The van der Waals surface area contributed by atoms with Crippen molar-refractivity contribution in [1.29, 1.82) is 0 Å². The molecule has 0 spiro atoms. The lowest BCUT2D eigenvalue weighted by atomic mass is 9.70. The number of rotatable bonds is 5. The van der Waals surface area contributed by atoms with Gasteiger partial charge in [-0.2, -0.15) is 0 Å². The Kier molecular flexibility index (Phi) is 6.31. The zero-order valence-corrected chi connectivity index (χ0v) is 13.4. The van der Waals surface area contributed by atoms with Gasteiger partial charge in [-0.05, 0) is 50.0 Å². The molecule has 112 valence electrons. The molecule has 0 aliphatic heterocycles. The first-order valence-corrected chi connectivity index (χ1v) is 7.77. The molecule has 1 unspecified atom stereocenters. The van der Waals surface area contributed by atoms with Crippen LogP contribution in [0.2, 0.25) is 0 Å². The average molecular weight is 268 g/mol.